The molecule has 2 aliphatic heterocycles. The number of piperidine rings is 1. The lowest BCUT2D eigenvalue weighted by Gasteiger charge is -2.31. The van der Waals surface area contributed by atoms with Gasteiger partial charge in [0.2, 0.25) is 17.7 Å². The molecule has 3 aliphatic rings. The predicted octanol–water partition coefficient (Wildman–Crippen LogP) is 1.65. The van der Waals surface area contributed by atoms with Crippen LogP contribution in [0.5, 0.6) is 0 Å². The normalized spacial score (nSPS) is 28.0. The van der Waals surface area contributed by atoms with Crippen LogP contribution >= 0.6 is 0 Å². The van der Waals surface area contributed by atoms with Gasteiger partial charge < -0.3 is 0 Å². The number of imide groups is 1. The molecule has 0 aromatic carbocycles. The van der Waals surface area contributed by atoms with Crippen molar-refractivity contribution < 1.29 is 14.4 Å². The third-order valence-corrected chi connectivity index (χ3v) is 4.72. The molecule has 0 bridgehead atoms. The second-order valence-electron chi connectivity index (χ2n) is 5.94. The molecule has 1 saturated heterocycles. The minimum atomic E-state index is -0.553. The van der Waals surface area contributed by atoms with E-state index in [4.69, 9.17) is 0 Å². The fourth-order valence-corrected chi connectivity index (χ4v) is 3.60. The Morgan fingerprint density at radius 3 is 2.57 bits per heavy atom. The van der Waals surface area contributed by atoms with Crippen molar-refractivity contribution >= 4 is 17.7 Å². The van der Waals surface area contributed by atoms with Crippen LogP contribution in [0.25, 0.3) is 0 Å². The average Bonchev–Trinajstić information content (AvgIpc) is 3.19. The van der Waals surface area contributed by atoms with E-state index in [9.17, 15) is 14.4 Å². The number of allylic oxidation sites excluding steroid dienone is 2. The van der Waals surface area contributed by atoms with Gasteiger partial charge in [-0.1, -0.05) is 13.0 Å². The highest BCUT2D eigenvalue weighted by atomic mass is 16.2. The van der Waals surface area contributed by atoms with Crippen LogP contribution in [0.1, 0.15) is 46.0 Å². The second kappa shape index (κ2) is 4.83. The Morgan fingerprint density at radius 2 is 2.05 bits per heavy atom. The first-order chi connectivity index (χ1) is 10.0. The molecule has 0 radical (unpaired) electrons. The number of hydrogen-bond donors (Lipinski definition) is 1. The van der Waals surface area contributed by atoms with Gasteiger partial charge >= 0.3 is 0 Å². The number of nitrogens with zero attached hydrogens (tertiary/aromatic N) is 1. The molecule has 1 saturated carbocycles. The van der Waals surface area contributed by atoms with Crippen LogP contribution in [-0.4, -0.2) is 28.7 Å². The quantitative estimate of drug-likeness (QED) is 0.803. The molecule has 1 aliphatic carbocycles. The molecule has 0 aromatic rings. The Labute approximate surface area is 124 Å². The maximum atomic E-state index is 12.9. The topological polar surface area (TPSA) is 66.5 Å². The molecule has 112 valence electrons. The first kappa shape index (κ1) is 14.0. The van der Waals surface area contributed by atoms with Gasteiger partial charge in [-0.05, 0) is 44.3 Å². The largest absolute Gasteiger partial charge is 0.299 e. The smallest absolute Gasteiger partial charge is 0.249 e. The third-order valence-electron chi connectivity index (χ3n) is 4.72. The molecule has 3 rings (SSSR count). The van der Waals surface area contributed by atoms with Gasteiger partial charge in [-0.3, -0.25) is 24.6 Å². The number of carbonyl (C=O) groups excluding carboxylic acids is 3. The molecule has 5 heteroatoms. The summed E-state index contributed by atoms with van der Waals surface area (Å²) >= 11 is 0. The van der Waals surface area contributed by atoms with Crippen LogP contribution in [0, 0.1) is 5.41 Å². The van der Waals surface area contributed by atoms with Crippen molar-refractivity contribution in [1.82, 2.24) is 10.2 Å². The first-order valence-electron chi connectivity index (χ1n) is 7.59. The molecular weight excluding hydrogens is 268 g/mol. The number of carbonyl (C=O) groups is 3. The van der Waals surface area contributed by atoms with E-state index in [2.05, 4.69) is 12.2 Å². The maximum Gasteiger partial charge on any atom is 0.249 e. The van der Waals surface area contributed by atoms with Gasteiger partial charge in [0.15, 0.2) is 0 Å². The van der Waals surface area contributed by atoms with Crippen LogP contribution in [0.2, 0.25) is 0 Å². The highest BCUT2D eigenvalue weighted by Crippen LogP contribution is 2.60. The molecule has 1 spiro atoms. The van der Waals surface area contributed by atoms with Gasteiger partial charge in [0.05, 0.1) is 5.41 Å². The fourth-order valence-electron chi connectivity index (χ4n) is 3.60. The zero-order valence-corrected chi connectivity index (χ0v) is 12.4. The summed E-state index contributed by atoms with van der Waals surface area (Å²) < 4.78 is 0. The lowest BCUT2D eigenvalue weighted by molar-refractivity contribution is -0.144. The molecular formula is C16H20N2O3. The van der Waals surface area contributed by atoms with Crippen molar-refractivity contribution in [3.8, 4) is 0 Å². The van der Waals surface area contributed by atoms with E-state index in [-0.39, 0.29) is 29.6 Å². The minimum absolute atomic E-state index is 0.0435. The maximum absolute atomic E-state index is 12.9. The third kappa shape index (κ3) is 1.94. The monoisotopic (exact) mass is 288 g/mol. The van der Waals surface area contributed by atoms with E-state index in [1.807, 2.05) is 19.1 Å². The first-order valence-corrected chi connectivity index (χ1v) is 7.59. The van der Waals surface area contributed by atoms with Gasteiger partial charge in [-0.2, -0.15) is 0 Å². The summed E-state index contributed by atoms with van der Waals surface area (Å²) in [5, 5.41) is 2.35. The summed E-state index contributed by atoms with van der Waals surface area (Å²) in [6.07, 6.45) is 7.09. The summed E-state index contributed by atoms with van der Waals surface area (Å²) in [7, 11) is 0. The highest BCUT2D eigenvalue weighted by molar-refractivity contribution is 6.04. The van der Waals surface area contributed by atoms with Crippen molar-refractivity contribution in [2.75, 3.05) is 0 Å². The summed E-state index contributed by atoms with van der Waals surface area (Å²) in [6, 6.07) is -0.553. The van der Waals surface area contributed by atoms with E-state index in [1.165, 1.54) is 0 Å². The standard InChI is InChI=1S/C16H20N2O3/c1-3-5-11-10(4-2)16(8-9-16)15(21)18(11)12-6-7-13(19)17-14(12)20/h3,5,12H,4,6-9H2,1-2H3,(H,17,19,20)/b5-3-. The lowest BCUT2D eigenvalue weighted by Crippen LogP contribution is -2.53. The summed E-state index contributed by atoms with van der Waals surface area (Å²) in [6.45, 7) is 3.96. The zero-order chi connectivity index (χ0) is 15.2. The van der Waals surface area contributed by atoms with Crippen molar-refractivity contribution in [2.45, 2.75) is 52.0 Å². The molecule has 1 unspecified atom stereocenters. The van der Waals surface area contributed by atoms with Crippen molar-refractivity contribution in [2.24, 2.45) is 5.41 Å². The number of hydrogen-bond acceptors (Lipinski definition) is 3. The van der Waals surface area contributed by atoms with Crippen molar-refractivity contribution in [3.05, 3.63) is 23.4 Å². The molecule has 1 N–H and O–H groups in total. The molecule has 2 fully saturated rings. The summed E-state index contributed by atoms with van der Waals surface area (Å²) in [4.78, 5) is 38.0. The fraction of sp³-hybridized carbons (Fsp3) is 0.562. The molecule has 5 nitrogen and oxygen atoms in total. The highest BCUT2D eigenvalue weighted by Gasteiger charge is 2.61. The molecule has 0 aromatic heterocycles. The van der Waals surface area contributed by atoms with Gasteiger partial charge in [0, 0.05) is 12.1 Å². The Kier molecular flexibility index (Phi) is 3.23. The van der Waals surface area contributed by atoms with Crippen molar-refractivity contribution in [3.63, 3.8) is 0 Å². The predicted molar refractivity (Wildman–Crippen MR) is 76.8 cm³/mol. The Balaban J connectivity index is 2.01. The van der Waals surface area contributed by atoms with Crippen LogP contribution in [0.4, 0.5) is 0 Å². The van der Waals surface area contributed by atoms with Crippen LogP contribution in [-0.2, 0) is 14.4 Å². The molecule has 3 amide bonds. The SMILES string of the molecule is C/C=C\C1=C(CC)C2(CC2)C(=O)N1C1CCC(=O)NC1=O. The van der Waals surface area contributed by atoms with E-state index in [0.717, 1.165) is 30.5 Å². The lowest BCUT2D eigenvalue weighted by atomic mass is 9.94. The van der Waals surface area contributed by atoms with Gasteiger partial charge in [-0.15, -0.1) is 0 Å². The van der Waals surface area contributed by atoms with E-state index >= 15 is 0 Å². The minimum Gasteiger partial charge on any atom is -0.299 e. The van der Waals surface area contributed by atoms with Gasteiger partial charge in [0.25, 0.3) is 0 Å². The van der Waals surface area contributed by atoms with Crippen molar-refractivity contribution in [1.29, 1.82) is 0 Å². The van der Waals surface area contributed by atoms with E-state index in [1.54, 1.807) is 4.90 Å². The number of rotatable bonds is 3. The van der Waals surface area contributed by atoms with E-state index in [0.29, 0.717) is 6.42 Å². The Morgan fingerprint density at radius 1 is 1.33 bits per heavy atom. The summed E-state index contributed by atoms with van der Waals surface area (Å²) in [5.41, 5.74) is 1.66. The van der Waals surface area contributed by atoms with Gasteiger partial charge in [-0.25, -0.2) is 0 Å². The van der Waals surface area contributed by atoms with Crippen LogP contribution in [0.15, 0.2) is 23.4 Å². The molecule has 2 heterocycles. The molecule has 1 atom stereocenters. The zero-order valence-electron chi connectivity index (χ0n) is 12.4. The second-order valence-corrected chi connectivity index (χ2v) is 5.94. The Bertz CT molecular complexity index is 584. The Hall–Kier alpha value is -1.91. The van der Waals surface area contributed by atoms with Crippen LogP contribution in [0.3, 0.4) is 0 Å². The van der Waals surface area contributed by atoms with E-state index < -0.39 is 6.04 Å². The number of amides is 3. The average molecular weight is 288 g/mol. The van der Waals surface area contributed by atoms with Gasteiger partial charge in [0.1, 0.15) is 6.04 Å². The molecule has 21 heavy (non-hydrogen) atoms. The number of nitrogens with one attached hydrogen (secondary N) is 1. The summed E-state index contributed by atoms with van der Waals surface area (Å²) in [5.74, 6) is -0.562. The van der Waals surface area contributed by atoms with Crippen LogP contribution < -0.4 is 5.32 Å².